The molecule has 0 spiro atoms. The van der Waals surface area contributed by atoms with E-state index in [1.807, 2.05) is 0 Å². The van der Waals surface area contributed by atoms with Crippen LogP contribution in [-0.2, 0) is 0 Å². The number of hydrogen-bond donors (Lipinski definition) is 0. The van der Waals surface area contributed by atoms with E-state index >= 15 is 0 Å². The van der Waals surface area contributed by atoms with Crippen molar-refractivity contribution in [2.24, 2.45) is 5.92 Å². The topological polar surface area (TPSA) is 27.0 Å². The van der Waals surface area contributed by atoms with Crippen LogP contribution in [-0.4, -0.2) is 24.0 Å². The summed E-state index contributed by atoms with van der Waals surface area (Å²) < 4.78 is 0. The first-order chi connectivity index (χ1) is 6.31. The van der Waals surface area contributed by atoms with Crippen LogP contribution in [0.1, 0.15) is 39.5 Å². The number of rotatable bonds is 4. The molecular weight excluding hydrogens is 160 g/mol. The molecule has 1 aliphatic heterocycles. The summed E-state index contributed by atoms with van der Waals surface area (Å²) >= 11 is 0. The number of nitrogens with zero attached hydrogens (tertiary/aromatic N) is 2. The van der Waals surface area contributed by atoms with Gasteiger partial charge in [0.15, 0.2) is 0 Å². The molecule has 1 heterocycles. The van der Waals surface area contributed by atoms with Crippen LogP contribution in [0, 0.1) is 17.2 Å². The summed E-state index contributed by atoms with van der Waals surface area (Å²) in [6, 6.07) is 2.55. The van der Waals surface area contributed by atoms with Gasteiger partial charge >= 0.3 is 0 Å². The van der Waals surface area contributed by atoms with Gasteiger partial charge in [-0.05, 0) is 31.7 Å². The second-order valence-electron chi connectivity index (χ2n) is 3.99. The molecule has 1 rings (SSSR count). The molecule has 0 aromatic heterocycles. The van der Waals surface area contributed by atoms with Gasteiger partial charge in [0.2, 0.25) is 0 Å². The van der Waals surface area contributed by atoms with E-state index in [2.05, 4.69) is 24.8 Å². The van der Waals surface area contributed by atoms with E-state index < -0.39 is 0 Å². The molecule has 0 N–H and O–H groups in total. The quantitative estimate of drug-likeness (QED) is 0.664. The second kappa shape index (κ2) is 5.24. The average Bonchev–Trinajstić information content (AvgIpc) is 2.56. The summed E-state index contributed by atoms with van der Waals surface area (Å²) in [6.07, 6.45) is 4.88. The highest BCUT2D eigenvalue weighted by Gasteiger charge is 2.26. The van der Waals surface area contributed by atoms with Crippen LogP contribution in [0.2, 0.25) is 0 Å². The van der Waals surface area contributed by atoms with Crippen LogP contribution >= 0.6 is 0 Å². The fraction of sp³-hybridized carbons (Fsp3) is 0.909. The van der Waals surface area contributed by atoms with E-state index in [4.69, 9.17) is 5.26 Å². The Morgan fingerprint density at radius 1 is 1.54 bits per heavy atom. The molecule has 2 heteroatoms. The van der Waals surface area contributed by atoms with Crippen LogP contribution < -0.4 is 0 Å². The summed E-state index contributed by atoms with van der Waals surface area (Å²) in [5.41, 5.74) is 0. The van der Waals surface area contributed by atoms with Crippen molar-refractivity contribution in [1.29, 1.82) is 5.26 Å². The minimum Gasteiger partial charge on any atom is -0.288 e. The van der Waals surface area contributed by atoms with Crippen molar-refractivity contribution in [1.82, 2.24) is 4.90 Å². The molecule has 0 amide bonds. The molecule has 1 aliphatic rings. The molecule has 2 unspecified atom stereocenters. The smallest absolute Gasteiger partial charge is 0.0975 e. The lowest BCUT2D eigenvalue weighted by Gasteiger charge is -2.20. The third-order valence-electron chi connectivity index (χ3n) is 2.99. The highest BCUT2D eigenvalue weighted by atomic mass is 15.2. The zero-order valence-corrected chi connectivity index (χ0v) is 8.79. The molecule has 0 aromatic rings. The van der Waals surface area contributed by atoms with Crippen molar-refractivity contribution >= 4 is 0 Å². The molecule has 0 bridgehead atoms. The highest BCUT2D eigenvalue weighted by Crippen LogP contribution is 2.23. The first-order valence-corrected chi connectivity index (χ1v) is 5.45. The Labute approximate surface area is 81.5 Å². The van der Waals surface area contributed by atoms with Gasteiger partial charge in [0.05, 0.1) is 12.1 Å². The highest BCUT2D eigenvalue weighted by molar-refractivity contribution is 4.93. The normalized spacial score (nSPS) is 25.8. The van der Waals surface area contributed by atoms with E-state index in [9.17, 15) is 0 Å². The summed E-state index contributed by atoms with van der Waals surface area (Å²) in [5.74, 6) is 0.854. The summed E-state index contributed by atoms with van der Waals surface area (Å²) in [5, 5.41) is 8.91. The molecule has 74 valence electrons. The number of likely N-dealkylation sites (tertiary alicyclic amines) is 1. The number of hydrogen-bond acceptors (Lipinski definition) is 2. The zero-order chi connectivity index (χ0) is 9.68. The van der Waals surface area contributed by atoms with Gasteiger partial charge in [-0.15, -0.1) is 0 Å². The van der Waals surface area contributed by atoms with Crippen molar-refractivity contribution < 1.29 is 0 Å². The van der Waals surface area contributed by atoms with E-state index in [0.29, 0.717) is 0 Å². The fourth-order valence-electron chi connectivity index (χ4n) is 2.22. The van der Waals surface area contributed by atoms with Crippen LogP contribution in [0.5, 0.6) is 0 Å². The van der Waals surface area contributed by atoms with Gasteiger partial charge in [0, 0.05) is 6.54 Å². The van der Waals surface area contributed by atoms with Crippen molar-refractivity contribution in [2.45, 2.75) is 45.6 Å². The third kappa shape index (κ3) is 2.70. The Bertz CT molecular complexity index is 183. The van der Waals surface area contributed by atoms with Crippen LogP contribution in [0.25, 0.3) is 0 Å². The van der Waals surface area contributed by atoms with Gasteiger partial charge in [-0.25, -0.2) is 0 Å². The number of nitriles is 1. The Balaban J connectivity index is 2.36. The summed E-state index contributed by atoms with van der Waals surface area (Å²) in [6.45, 7) is 6.63. The maximum absolute atomic E-state index is 8.91. The molecule has 0 radical (unpaired) electrons. The van der Waals surface area contributed by atoms with Gasteiger partial charge in [-0.1, -0.05) is 20.3 Å². The maximum atomic E-state index is 8.91. The second-order valence-corrected chi connectivity index (χ2v) is 3.99. The Morgan fingerprint density at radius 2 is 2.31 bits per heavy atom. The van der Waals surface area contributed by atoms with Gasteiger partial charge < -0.3 is 0 Å². The molecular formula is C11H20N2. The Hall–Kier alpha value is -0.550. The zero-order valence-electron chi connectivity index (χ0n) is 8.79. The van der Waals surface area contributed by atoms with Crippen molar-refractivity contribution in [3.05, 3.63) is 0 Å². The van der Waals surface area contributed by atoms with Gasteiger partial charge in [-0.2, -0.15) is 5.26 Å². The molecule has 1 saturated heterocycles. The van der Waals surface area contributed by atoms with E-state index in [1.165, 1.54) is 19.3 Å². The van der Waals surface area contributed by atoms with E-state index in [1.54, 1.807) is 0 Å². The Kier molecular flexibility index (Phi) is 4.24. The summed E-state index contributed by atoms with van der Waals surface area (Å²) in [7, 11) is 0. The minimum absolute atomic E-state index is 0.168. The molecule has 13 heavy (non-hydrogen) atoms. The lowest BCUT2D eigenvalue weighted by atomic mass is 10.0. The van der Waals surface area contributed by atoms with E-state index in [-0.39, 0.29) is 6.04 Å². The Morgan fingerprint density at radius 3 is 2.85 bits per heavy atom. The molecule has 2 atom stereocenters. The molecule has 1 fully saturated rings. The molecule has 2 nitrogen and oxygen atoms in total. The van der Waals surface area contributed by atoms with Crippen LogP contribution in [0.4, 0.5) is 0 Å². The molecule has 0 saturated carbocycles. The monoisotopic (exact) mass is 180 g/mol. The predicted octanol–water partition coefficient (Wildman–Crippen LogP) is 2.41. The van der Waals surface area contributed by atoms with Gasteiger partial charge in [-0.3, -0.25) is 4.90 Å². The van der Waals surface area contributed by atoms with Crippen LogP contribution in [0.15, 0.2) is 0 Å². The average molecular weight is 180 g/mol. The maximum Gasteiger partial charge on any atom is 0.0975 e. The van der Waals surface area contributed by atoms with Crippen molar-refractivity contribution in [2.75, 3.05) is 13.1 Å². The molecule has 0 aromatic carbocycles. The van der Waals surface area contributed by atoms with Gasteiger partial charge in [0.1, 0.15) is 0 Å². The minimum atomic E-state index is 0.168. The first kappa shape index (κ1) is 10.5. The van der Waals surface area contributed by atoms with Gasteiger partial charge in [0.25, 0.3) is 0 Å². The molecule has 0 aliphatic carbocycles. The standard InChI is InChI=1S/C11H20N2/c1-3-5-10-6-7-13(9-10)11(4-2)8-12/h10-11H,3-7,9H2,1-2H3. The SMILES string of the molecule is CCCC1CCN(C(C#N)CC)C1. The van der Waals surface area contributed by atoms with Crippen molar-refractivity contribution in [3.63, 3.8) is 0 Å². The predicted molar refractivity (Wildman–Crippen MR) is 54.3 cm³/mol. The lowest BCUT2D eigenvalue weighted by molar-refractivity contribution is 0.270. The van der Waals surface area contributed by atoms with E-state index in [0.717, 1.165) is 25.4 Å². The first-order valence-electron chi connectivity index (χ1n) is 5.45. The largest absolute Gasteiger partial charge is 0.288 e. The third-order valence-corrected chi connectivity index (χ3v) is 2.99. The van der Waals surface area contributed by atoms with Crippen molar-refractivity contribution in [3.8, 4) is 6.07 Å². The lowest BCUT2D eigenvalue weighted by Crippen LogP contribution is -2.31. The summed E-state index contributed by atoms with van der Waals surface area (Å²) in [4.78, 5) is 2.35. The van der Waals surface area contributed by atoms with Crippen LogP contribution in [0.3, 0.4) is 0 Å². The fourth-order valence-corrected chi connectivity index (χ4v) is 2.22.